The lowest BCUT2D eigenvalue weighted by atomic mass is 10.1. The molecule has 0 aliphatic heterocycles. The fraction of sp³-hybridized carbons (Fsp3) is 0.333. The highest BCUT2D eigenvalue weighted by atomic mass is 16.2. The summed E-state index contributed by atoms with van der Waals surface area (Å²) in [6.45, 7) is 1.76. The lowest BCUT2D eigenvalue weighted by Crippen LogP contribution is -2.44. The van der Waals surface area contributed by atoms with E-state index in [4.69, 9.17) is 0 Å². The Bertz CT molecular complexity index is 868. The van der Waals surface area contributed by atoms with E-state index in [0.717, 1.165) is 18.4 Å². The highest BCUT2D eigenvalue weighted by Crippen LogP contribution is 2.22. The number of para-hydroxylation sites is 1. The summed E-state index contributed by atoms with van der Waals surface area (Å²) in [6.07, 6.45) is 5.65. The van der Waals surface area contributed by atoms with Gasteiger partial charge in [-0.25, -0.2) is 4.79 Å². The van der Waals surface area contributed by atoms with Crippen molar-refractivity contribution in [1.82, 2.24) is 15.6 Å². The molecule has 3 N–H and O–H groups in total. The van der Waals surface area contributed by atoms with Crippen LogP contribution >= 0.6 is 0 Å². The maximum atomic E-state index is 13.0. The van der Waals surface area contributed by atoms with Crippen LogP contribution in [0.25, 0.3) is 0 Å². The number of benzene rings is 1. The number of anilines is 2. The SMILES string of the molecule is CC(=O)NCCc1ccncc1N(CC(=O)NC1CC1)C(=O)Nc1ccccc1. The normalized spacial score (nSPS) is 12.7. The standard InChI is InChI=1S/C21H25N5O3/c1-15(27)23-12-10-16-9-11-22-13-19(16)26(14-20(28)24-18-7-8-18)21(29)25-17-5-3-2-4-6-17/h2-6,9,11,13,18H,7-8,10,12,14H2,1H3,(H,23,27)(H,24,28)(H,25,29). The molecule has 2 aromatic rings. The zero-order valence-electron chi connectivity index (χ0n) is 16.4. The first-order valence-electron chi connectivity index (χ1n) is 9.63. The molecule has 1 heterocycles. The number of nitrogens with one attached hydrogen (secondary N) is 3. The van der Waals surface area contributed by atoms with Crippen molar-refractivity contribution in [1.29, 1.82) is 0 Å². The number of aromatic nitrogens is 1. The minimum absolute atomic E-state index is 0.117. The topological polar surface area (TPSA) is 103 Å². The number of hydrogen-bond donors (Lipinski definition) is 3. The van der Waals surface area contributed by atoms with Crippen molar-refractivity contribution < 1.29 is 14.4 Å². The third-order valence-electron chi connectivity index (χ3n) is 4.46. The fourth-order valence-corrected chi connectivity index (χ4v) is 2.87. The Hall–Kier alpha value is -3.42. The van der Waals surface area contributed by atoms with Crippen molar-refractivity contribution >= 4 is 29.2 Å². The maximum absolute atomic E-state index is 13.0. The molecular formula is C21H25N5O3. The quantitative estimate of drug-likeness (QED) is 0.637. The van der Waals surface area contributed by atoms with E-state index in [1.165, 1.54) is 11.8 Å². The molecule has 8 heteroatoms. The van der Waals surface area contributed by atoms with Gasteiger partial charge in [-0.15, -0.1) is 0 Å². The van der Waals surface area contributed by atoms with Crippen molar-refractivity contribution in [2.75, 3.05) is 23.3 Å². The average Bonchev–Trinajstić information content (AvgIpc) is 3.51. The number of rotatable bonds is 8. The summed E-state index contributed by atoms with van der Waals surface area (Å²) in [5.41, 5.74) is 1.99. The lowest BCUT2D eigenvalue weighted by molar-refractivity contribution is -0.120. The molecule has 1 fully saturated rings. The van der Waals surface area contributed by atoms with Crippen molar-refractivity contribution in [2.45, 2.75) is 32.2 Å². The van der Waals surface area contributed by atoms with Crippen LogP contribution in [0.1, 0.15) is 25.3 Å². The van der Waals surface area contributed by atoms with E-state index in [0.29, 0.717) is 24.3 Å². The average molecular weight is 395 g/mol. The van der Waals surface area contributed by atoms with Gasteiger partial charge in [0.15, 0.2) is 0 Å². The molecule has 1 aromatic heterocycles. The van der Waals surface area contributed by atoms with E-state index in [2.05, 4.69) is 20.9 Å². The van der Waals surface area contributed by atoms with Crippen LogP contribution in [0.4, 0.5) is 16.2 Å². The number of carbonyl (C=O) groups excluding carboxylic acids is 3. The van der Waals surface area contributed by atoms with Crippen LogP contribution in [-0.4, -0.2) is 42.0 Å². The zero-order chi connectivity index (χ0) is 20.6. The van der Waals surface area contributed by atoms with Crippen molar-refractivity contribution in [2.24, 2.45) is 0 Å². The van der Waals surface area contributed by atoms with Gasteiger partial charge in [0.2, 0.25) is 11.8 Å². The number of carbonyl (C=O) groups is 3. The Morgan fingerprint density at radius 2 is 1.90 bits per heavy atom. The number of pyridine rings is 1. The van der Waals surface area contributed by atoms with Gasteiger partial charge in [-0.05, 0) is 43.0 Å². The van der Waals surface area contributed by atoms with E-state index in [-0.39, 0.29) is 24.4 Å². The third-order valence-corrected chi connectivity index (χ3v) is 4.46. The van der Waals surface area contributed by atoms with E-state index in [1.807, 2.05) is 18.2 Å². The van der Waals surface area contributed by atoms with Crippen LogP contribution in [0.2, 0.25) is 0 Å². The molecule has 152 valence electrons. The van der Waals surface area contributed by atoms with E-state index < -0.39 is 6.03 Å². The molecule has 1 aliphatic carbocycles. The Balaban J connectivity index is 1.80. The van der Waals surface area contributed by atoms with Gasteiger partial charge in [-0.3, -0.25) is 19.5 Å². The molecular weight excluding hydrogens is 370 g/mol. The molecule has 8 nitrogen and oxygen atoms in total. The number of hydrogen-bond acceptors (Lipinski definition) is 4. The van der Waals surface area contributed by atoms with E-state index in [9.17, 15) is 14.4 Å². The van der Waals surface area contributed by atoms with Gasteiger partial charge in [0.1, 0.15) is 6.54 Å². The predicted octanol–water partition coefficient (Wildman–Crippen LogP) is 2.08. The first-order valence-corrected chi connectivity index (χ1v) is 9.63. The summed E-state index contributed by atoms with van der Waals surface area (Å²) in [5, 5.41) is 8.48. The molecule has 1 aliphatic rings. The smallest absolute Gasteiger partial charge is 0.326 e. The Morgan fingerprint density at radius 3 is 2.59 bits per heavy atom. The van der Waals surface area contributed by atoms with Gasteiger partial charge < -0.3 is 16.0 Å². The van der Waals surface area contributed by atoms with Gasteiger partial charge in [0.25, 0.3) is 0 Å². The number of nitrogens with zero attached hydrogens (tertiary/aromatic N) is 2. The number of urea groups is 1. The van der Waals surface area contributed by atoms with Crippen molar-refractivity contribution in [3.63, 3.8) is 0 Å². The van der Waals surface area contributed by atoms with Crippen LogP contribution in [0, 0.1) is 0 Å². The first kappa shape index (κ1) is 20.3. The summed E-state index contributed by atoms with van der Waals surface area (Å²) in [7, 11) is 0. The molecule has 4 amide bonds. The minimum Gasteiger partial charge on any atom is -0.356 e. The van der Waals surface area contributed by atoms with Gasteiger partial charge in [0, 0.05) is 31.4 Å². The molecule has 0 spiro atoms. The van der Waals surface area contributed by atoms with Crippen LogP contribution in [-0.2, 0) is 16.0 Å². The minimum atomic E-state index is -0.420. The van der Waals surface area contributed by atoms with Crippen LogP contribution in [0.3, 0.4) is 0 Å². The van der Waals surface area contributed by atoms with Crippen LogP contribution in [0.5, 0.6) is 0 Å². The second kappa shape index (κ2) is 9.68. The molecule has 0 unspecified atom stereocenters. The van der Waals surface area contributed by atoms with E-state index in [1.54, 1.807) is 30.6 Å². The zero-order valence-corrected chi connectivity index (χ0v) is 16.4. The molecule has 29 heavy (non-hydrogen) atoms. The molecule has 1 saturated carbocycles. The molecule has 0 atom stereocenters. The summed E-state index contributed by atoms with van der Waals surface area (Å²) in [6, 6.07) is 10.6. The summed E-state index contributed by atoms with van der Waals surface area (Å²) in [4.78, 5) is 42.2. The monoisotopic (exact) mass is 395 g/mol. The highest BCUT2D eigenvalue weighted by Gasteiger charge is 2.27. The van der Waals surface area contributed by atoms with Gasteiger partial charge in [0.05, 0.1) is 11.9 Å². The van der Waals surface area contributed by atoms with Crippen LogP contribution < -0.4 is 20.9 Å². The maximum Gasteiger partial charge on any atom is 0.326 e. The molecule has 3 rings (SSSR count). The van der Waals surface area contributed by atoms with E-state index >= 15 is 0 Å². The highest BCUT2D eigenvalue weighted by molar-refractivity contribution is 6.05. The lowest BCUT2D eigenvalue weighted by Gasteiger charge is -2.25. The molecule has 0 bridgehead atoms. The summed E-state index contributed by atoms with van der Waals surface area (Å²) < 4.78 is 0. The largest absolute Gasteiger partial charge is 0.356 e. The fourth-order valence-electron chi connectivity index (χ4n) is 2.87. The second-order valence-corrected chi connectivity index (χ2v) is 6.96. The van der Waals surface area contributed by atoms with Crippen molar-refractivity contribution in [3.8, 4) is 0 Å². The van der Waals surface area contributed by atoms with Gasteiger partial charge in [-0.2, -0.15) is 0 Å². The third kappa shape index (κ3) is 6.31. The van der Waals surface area contributed by atoms with Gasteiger partial charge >= 0.3 is 6.03 Å². The summed E-state index contributed by atoms with van der Waals surface area (Å²) >= 11 is 0. The predicted molar refractivity (Wildman–Crippen MR) is 111 cm³/mol. The Morgan fingerprint density at radius 1 is 1.14 bits per heavy atom. The molecule has 0 radical (unpaired) electrons. The Kier molecular flexibility index (Phi) is 6.78. The Labute approximate surface area is 169 Å². The molecule has 0 saturated heterocycles. The van der Waals surface area contributed by atoms with Crippen molar-refractivity contribution in [3.05, 3.63) is 54.4 Å². The number of amides is 4. The van der Waals surface area contributed by atoms with Crippen LogP contribution in [0.15, 0.2) is 48.8 Å². The van der Waals surface area contributed by atoms with Gasteiger partial charge in [-0.1, -0.05) is 18.2 Å². The molecule has 1 aromatic carbocycles. The first-order chi connectivity index (χ1) is 14.0. The summed E-state index contributed by atoms with van der Waals surface area (Å²) in [5.74, 6) is -0.338. The second-order valence-electron chi connectivity index (χ2n) is 6.96.